The molecule has 3 heterocycles. The monoisotopic (exact) mass is 412 g/mol. The third-order valence-corrected chi connectivity index (χ3v) is 5.22. The largest absolute Gasteiger partial charge is 0.433 e. The van der Waals surface area contributed by atoms with Gasteiger partial charge in [-0.05, 0) is 39.2 Å². The van der Waals surface area contributed by atoms with Gasteiger partial charge in [0.2, 0.25) is 11.9 Å². The predicted octanol–water partition coefficient (Wildman–Crippen LogP) is 1.70. The number of amides is 1. The Balaban J connectivity index is 1.58. The number of H-pyrrole nitrogens is 1. The summed E-state index contributed by atoms with van der Waals surface area (Å²) >= 11 is 0. The highest BCUT2D eigenvalue weighted by molar-refractivity contribution is 5.76. The van der Waals surface area contributed by atoms with Gasteiger partial charge in [-0.2, -0.15) is 18.3 Å². The van der Waals surface area contributed by atoms with E-state index in [-0.39, 0.29) is 24.4 Å². The van der Waals surface area contributed by atoms with E-state index in [0.29, 0.717) is 32.0 Å². The number of aromatic nitrogens is 4. The molecule has 1 saturated heterocycles. The molecule has 8 nitrogen and oxygen atoms in total. The molecule has 0 radical (unpaired) electrons. The number of nitrogens with one attached hydrogen (secondary N) is 2. The van der Waals surface area contributed by atoms with Crippen LogP contribution in [0.15, 0.2) is 10.9 Å². The molecule has 1 amide bonds. The van der Waals surface area contributed by atoms with Gasteiger partial charge >= 0.3 is 6.18 Å². The first-order valence-corrected chi connectivity index (χ1v) is 9.28. The summed E-state index contributed by atoms with van der Waals surface area (Å²) in [6, 6.07) is 0.339. The molecular formula is C18H23F3N6O2. The summed E-state index contributed by atoms with van der Waals surface area (Å²) in [5.74, 6) is -0.271. The van der Waals surface area contributed by atoms with Crippen LogP contribution in [0.3, 0.4) is 0 Å². The van der Waals surface area contributed by atoms with E-state index in [0.717, 1.165) is 17.0 Å². The van der Waals surface area contributed by atoms with Crippen LogP contribution in [0, 0.1) is 20.8 Å². The van der Waals surface area contributed by atoms with E-state index in [4.69, 9.17) is 0 Å². The SMILES string of the molecule is Cc1nn(CC(=O)NC2CCN(c3nc(C(F)(F)F)cc(=O)[nH]3)CC2)c(C)c1C. The zero-order chi connectivity index (χ0) is 21.3. The first-order chi connectivity index (χ1) is 13.5. The third kappa shape index (κ3) is 4.77. The molecule has 0 spiro atoms. The topological polar surface area (TPSA) is 95.9 Å². The molecular weight excluding hydrogens is 389 g/mol. The molecule has 2 aromatic rings. The summed E-state index contributed by atoms with van der Waals surface area (Å²) in [7, 11) is 0. The summed E-state index contributed by atoms with van der Waals surface area (Å²) < 4.78 is 40.3. The van der Waals surface area contributed by atoms with E-state index < -0.39 is 17.4 Å². The van der Waals surface area contributed by atoms with Crippen molar-refractivity contribution < 1.29 is 18.0 Å². The van der Waals surface area contributed by atoms with Crippen molar-refractivity contribution in [3.05, 3.63) is 39.1 Å². The van der Waals surface area contributed by atoms with Crippen molar-refractivity contribution in [3.8, 4) is 0 Å². The Morgan fingerprint density at radius 3 is 2.48 bits per heavy atom. The Morgan fingerprint density at radius 1 is 1.28 bits per heavy atom. The van der Waals surface area contributed by atoms with E-state index in [2.05, 4.69) is 20.4 Å². The smallest absolute Gasteiger partial charge is 0.352 e. The number of hydrogen-bond donors (Lipinski definition) is 2. The standard InChI is InChI=1S/C18H23F3N6O2/c1-10-11(2)25-27(12(10)3)9-16(29)22-13-4-6-26(7-5-13)17-23-14(18(19,20)21)8-15(28)24-17/h8,13H,4-7,9H2,1-3H3,(H,22,29)(H,23,24,28). The maximum atomic E-state index is 12.9. The van der Waals surface area contributed by atoms with Crippen LogP contribution in [0.1, 0.15) is 35.5 Å². The number of hydrogen-bond acceptors (Lipinski definition) is 5. The van der Waals surface area contributed by atoms with Crippen molar-refractivity contribution in [1.82, 2.24) is 25.1 Å². The fraction of sp³-hybridized carbons (Fsp3) is 0.556. The Morgan fingerprint density at radius 2 is 1.93 bits per heavy atom. The van der Waals surface area contributed by atoms with E-state index >= 15 is 0 Å². The van der Waals surface area contributed by atoms with E-state index in [1.54, 1.807) is 9.58 Å². The summed E-state index contributed by atoms with van der Waals surface area (Å²) in [5, 5.41) is 7.29. The highest BCUT2D eigenvalue weighted by Crippen LogP contribution is 2.27. The minimum absolute atomic E-state index is 0.102. The van der Waals surface area contributed by atoms with Crippen molar-refractivity contribution in [2.24, 2.45) is 0 Å². The average Bonchev–Trinajstić information content (AvgIpc) is 2.88. The molecule has 0 atom stereocenters. The van der Waals surface area contributed by atoms with Crippen molar-refractivity contribution in [2.45, 2.75) is 52.4 Å². The van der Waals surface area contributed by atoms with Crippen LogP contribution in [0.2, 0.25) is 0 Å². The number of aromatic amines is 1. The summed E-state index contributed by atoms with van der Waals surface area (Å²) in [4.78, 5) is 31.4. The molecule has 0 unspecified atom stereocenters. The number of nitrogens with zero attached hydrogens (tertiary/aromatic N) is 4. The van der Waals surface area contributed by atoms with Gasteiger partial charge in [0.1, 0.15) is 6.54 Å². The van der Waals surface area contributed by atoms with Gasteiger partial charge in [-0.25, -0.2) is 4.98 Å². The molecule has 1 aliphatic heterocycles. The summed E-state index contributed by atoms with van der Waals surface area (Å²) in [6.45, 7) is 6.60. The Bertz CT molecular complexity index is 957. The van der Waals surface area contributed by atoms with Crippen LogP contribution in [-0.2, 0) is 17.5 Å². The first-order valence-electron chi connectivity index (χ1n) is 9.28. The maximum Gasteiger partial charge on any atom is 0.433 e. The van der Waals surface area contributed by atoms with Crippen LogP contribution in [-0.4, -0.2) is 44.8 Å². The minimum atomic E-state index is -4.68. The zero-order valence-corrected chi connectivity index (χ0v) is 16.4. The third-order valence-electron chi connectivity index (χ3n) is 5.22. The van der Waals surface area contributed by atoms with Crippen LogP contribution in [0.4, 0.5) is 19.1 Å². The molecule has 1 fully saturated rings. The van der Waals surface area contributed by atoms with Gasteiger partial charge in [0.05, 0.1) is 5.69 Å². The molecule has 158 valence electrons. The van der Waals surface area contributed by atoms with Gasteiger partial charge in [-0.15, -0.1) is 0 Å². The zero-order valence-electron chi connectivity index (χ0n) is 16.4. The van der Waals surface area contributed by atoms with Gasteiger partial charge < -0.3 is 10.2 Å². The van der Waals surface area contributed by atoms with E-state index in [1.165, 1.54) is 0 Å². The highest BCUT2D eigenvalue weighted by Gasteiger charge is 2.34. The van der Waals surface area contributed by atoms with Crippen molar-refractivity contribution in [1.29, 1.82) is 0 Å². The Kier molecular flexibility index (Phi) is 5.67. The molecule has 2 aromatic heterocycles. The van der Waals surface area contributed by atoms with Crippen molar-refractivity contribution in [3.63, 3.8) is 0 Å². The number of piperidine rings is 1. The summed E-state index contributed by atoms with van der Waals surface area (Å²) in [6.07, 6.45) is -3.62. The number of halogens is 3. The average molecular weight is 412 g/mol. The first kappa shape index (κ1) is 20.9. The fourth-order valence-corrected chi connectivity index (χ4v) is 3.33. The van der Waals surface area contributed by atoms with Gasteiger partial charge in [0.15, 0.2) is 5.69 Å². The van der Waals surface area contributed by atoms with Gasteiger partial charge in [0.25, 0.3) is 5.56 Å². The van der Waals surface area contributed by atoms with E-state index in [9.17, 15) is 22.8 Å². The molecule has 11 heteroatoms. The van der Waals surface area contributed by atoms with Crippen LogP contribution < -0.4 is 15.8 Å². The molecule has 0 bridgehead atoms. The lowest BCUT2D eigenvalue weighted by Crippen LogP contribution is -2.46. The van der Waals surface area contributed by atoms with E-state index in [1.807, 2.05) is 20.8 Å². The molecule has 2 N–H and O–H groups in total. The Hall–Kier alpha value is -2.85. The minimum Gasteiger partial charge on any atom is -0.352 e. The molecule has 1 aliphatic rings. The van der Waals surface area contributed by atoms with Crippen molar-refractivity contribution >= 4 is 11.9 Å². The molecule has 0 saturated carbocycles. The predicted molar refractivity (Wildman–Crippen MR) is 99.7 cm³/mol. The second kappa shape index (κ2) is 7.88. The van der Waals surface area contributed by atoms with Crippen LogP contribution in [0.5, 0.6) is 0 Å². The molecule has 0 aromatic carbocycles. The molecule has 0 aliphatic carbocycles. The highest BCUT2D eigenvalue weighted by atomic mass is 19.4. The number of carbonyl (C=O) groups excluding carboxylic acids is 1. The van der Waals surface area contributed by atoms with Crippen LogP contribution >= 0.6 is 0 Å². The van der Waals surface area contributed by atoms with Gasteiger partial charge in [-0.3, -0.25) is 19.3 Å². The number of rotatable bonds is 4. The normalized spacial score (nSPS) is 15.6. The maximum absolute atomic E-state index is 12.9. The number of alkyl halides is 3. The Labute approximate surface area is 165 Å². The molecule has 3 rings (SSSR count). The van der Waals surface area contributed by atoms with Crippen LogP contribution in [0.25, 0.3) is 0 Å². The molecule has 29 heavy (non-hydrogen) atoms. The van der Waals surface area contributed by atoms with Gasteiger partial charge in [0, 0.05) is 30.9 Å². The fourth-order valence-electron chi connectivity index (χ4n) is 3.33. The lowest BCUT2D eigenvalue weighted by atomic mass is 10.1. The number of aryl methyl sites for hydroxylation is 1. The lowest BCUT2D eigenvalue weighted by Gasteiger charge is -2.32. The van der Waals surface area contributed by atoms with Gasteiger partial charge in [-0.1, -0.05) is 0 Å². The quantitative estimate of drug-likeness (QED) is 0.797. The number of carbonyl (C=O) groups is 1. The second-order valence-electron chi connectivity index (χ2n) is 7.23. The second-order valence-corrected chi connectivity index (χ2v) is 7.23. The number of anilines is 1. The lowest BCUT2D eigenvalue weighted by molar-refractivity contribution is -0.141. The van der Waals surface area contributed by atoms with Crippen molar-refractivity contribution in [2.75, 3.05) is 18.0 Å². The summed E-state index contributed by atoms with van der Waals surface area (Å²) in [5.41, 5.74) is 0.803.